The molecule has 0 radical (unpaired) electrons. The summed E-state index contributed by atoms with van der Waals surface area (Å²) in [6, 6.07) is 0.145. The summed E-state index contributed by atoms with van der Waals surface area (Å²) in [6.45, 7) is 10.6. The number of hydrogen-bond acceptors (Lipinski definition) is 6. The molecule has 0 saturated heterocycles. The van der Waals surface area contributed by atoms with Gasteiger partial charge in [0.05, 0.1) is 12.0 Å². The minimum Gasteiger partial charge on any atom is -0.465 e. The van der Waals surface area contributed by atoms with Crippen molar-refractivity contribution in [2.45, 2.75) is 40.7 Å². The van der Waals surface area contributed by atoms with Crippen LogP contribution in [0.15, 0.2) is 6.33 Å². The molecule has 6 heteroatoms. The van der Waals surface area contributed by atoms with Crippen LogP contribution in [-0.4, -0.2) is 35.1 Å². The van der Waals surface area contributed by atoms with E-state index in [0.29, 0.717) is 6.61 Å². The highest BCUT2D eigenvalue weighted by Gasteiger charge is 2.21. The third-order valence-corrected chi connectivity index (χ3v) is 4.56. The zero-order chi connectivity index (χ0) is 15.6. The van der Waals surface area contributed by atoms with Gasteiger partial charge in [-0.1, -0.05) is 0 Å². The molecule has 0 unspecified atom stereocenters. The molecule has 5 nitrogen and oxygen atoms in total. The van der Waals surface area contributed by atoms with Crippen molar-refractivity contribution >= 4 is 33.3 Å². The Balaban J connectivity index is 2.48. The lowest BCUT2D eigenvalue weighted by Gasteiger charge is -2.27. The minimum absolute atomic E-state index is 0.145. The number of ether oxygens (including phenoxy) is 1. The number of rotatable bonds is 5. The summed E-state index contributed by atoms with van der Waals surface area (Å²) in [5.74, 6) is 0.576. The molecule has 2 aromatic rings. The zero-order valence-electron chi connectivity index (χ0n) is 13.1. The molecule has 21 heavy (non-hydrogen) atoms. The Labute approximate surface area is 129 Å². The summed E-state index contributed by atoms with van der Waals surface area (Å²) in [7, 11) is 0. The van der Waals surface area contributed by atoms with E-state index in [9.17, 15) is 4.79 Å². The molecule has 0 aliphatic rings. The smallest absolute Gasteiger partial charge is 0.325 e. The van der Waals surface area contributed by atoms with Crippen LogP contribution in [0.25, 0.3) is 10.2 Å². The Bertz CT molecular complexity index is 652. The zero-order valence-corrected chi connectivity index (χ0v) is 14.0. The van der Waals surface area contributed by atoms with Crippen LogP contribution in [0.3, 0.4) is 0 Å². The van der Waals surface area contributed by atoms with E-state index >= 15 is 0 Å². The first-order chi connectivity index (χ1) is 9.95. The van der Waals surface area contributed by atoms with Crippen LogP contribution in [0.1, 0.15) is 31.2 Å². The fourth-order valence-corrected chi connectivity index (χ4v) is 3.22. The molecule has 0 spiro atoms. The number of thiophene rings is 1. The summed E-state index contributed by atoms with van der Waals surface area (Å²) >= 11 is 1.66. The van der Waals surface area contributed by atoms with Gasteiger partial charge in [-0.05, 0) is 40.2 Å². The molecule has 114 valence electrons. The van der Waals surface area contributed by atoms with E-state index in [0.717, 1.165) is 16.0 Å². The van der Waals surface area contributed by atoms with Gasteiger partial charge in [-0.25, -0.2) is 9.97 Å². The minimum atomic E-state index is -0.234. The van der Waals surface area contributed by atoms with Gasteiger partial charge >= 0.3 is 5.97 Å². The number of carbonyl (C=O) groups excluding carboxylic acids is 1. The highest BCUT2D eigenvalue weighted by molar-refractivity contribution is 7.18. The van der Waals surface area contributed by atoms with Gasteiger partial charge < -0.3 is 9.64 Å². The first-order valence-corrected chi connectivity index (χ1v) is 7.90. The average molecular weight is 307 g/mol. The molecule has 0 aliphatic carbocycles. The van der Waals surface area contributed by atoms with Crippen molar-refractivity contribution in [2.75, 3.05) is 18.1 Å². The van der Waals surface area contributed by atoms with Gasteiger partial charge in [-0.2, -0.15) is 0 Å². The summed E-state index contributed by atoms with van der Waals surface area (Å²) < 4.78 is 5.07. The van der Waals surface area contributed by atoms with Gasteiger partial charge in [0.15, 0.2) is 0 Å². The number of anilines is 1. The standard InChI is InChI=1S/C15H21N3O2S/c1-6-20-12(19)7-18(9(2)3)14-13-10(4)11(5)21-15(13)17-8-16-14/h8-9H,6-7H2,1-5H3. The molecule has 0 bridgehead atoms. The Morgan fingerprint density at radius 1 is 1.38 bits per heavy atom. The van der Waals surface area contributed by atoms with Crippen molar-refractivity contribution < 1.29 is 9.53 Å². The molecule has 0 fully saturated rings. The Kier molecular flexibility index (Phi) is 4.77. The monoisotopic (exact) mass is 307 g/mol. The van der Waals surface area contributed by atoms with Gasteiger partial charge in [0, 0.05) is 10.9 Å². The number of carbonyl (C=O) groups is 1. The lowest BCUT2D eigenvalue weighted by Crippen LogP contribution is -2.37. The van der Waals surface area contributed by atoms with Crippen LogP contribution < -0.4 is 4.90 Å². The van der Waals surface area contributed by atoms with E-state index in [2.05, 4.69) is 23.8 Å². The molecule has 0 atom stereocenters. The summed E-state index contributed by atoms with van der Waals surface area (Å²) in [4.78, 5) is 24.8. The van der Waals surface area contributed by atoms with Crippen molar-refractivity contribution in [3.8, 4) is 0 Å². The van der Waals surface area contributed by atoms with Crippen LogP contribution >= 0.6 is 11.3 Å². The number of aromatic nitrogens is 2. The third kappa shape index (κ3) is 3.15. The van der Waals surface area contributed by atoms with Gasteiger partial charge in [-0.3, -0.25) is 4.79 Å². The molecular weight excluding hydrogens is 286 g/mol. The number of nitrogens with zero attached hydrogens (tertiary/aromatic N) is 3. The maximum Gasteiger partial charge on any atom is 0.325 e. The van der Waals surface area contributed by atoms with Crippen molar-refractivity contribution in [1.82, 2.24) is 9.97 Å². The second-order valence-corrected chi connectivity index (χ2v) is 6.39. The summed E-state index contributed by atoms with van der Waals surface area (Å²) in [6.07, 6.45) is 1.56. The van der Waals surface area contributed by atoms with Crippen LogP contribution in [0.5, 0.6) is 0 Å². The van der Waals surface area contributed by atoms with Crippen LogP contribution in [-0.2, 0) is 9.53 Å². The van der Waals surface area contributed by atoms with Crippen molar-refractivity contribution in [3.05, 3.63) is 16.8 Å². The predicted octanol–water partition coefficient (Wildman–Crippen LogP) is 3.09. The molecule has 2 heterocycles. The Morgan fingerprint density at radius 2 is 2.10 bits per heavy atom. The Morgan fingerprint density at radius 3 is 2.71 bits per heavy atom. The fraction of sp³-hybridized carbons (Fsp3) is 0.533. The molecule has 2 aromatic heterocycles. The third-order valence-electron chi connectivity index (χ3n) is 3.45. The summed E-state index contributed by atoms with van der Waals surface area (Å²) in [5, 5.41) is 1.04. The van der Waals surface area contributed by atoms with E-state index in [-0.39, 0.29) is 18.6 Å². The Hall–Kier alpha value is -1.69. The normalized spacial score (nSPS) is 11.1. The van der Waals surface area contributed by atoms with E-state index in [4.69, 9.17) is 4.74 Å². The van der Waals surface area contributed by atoms with E-state index < -0.39 is 0 Å². The topological polar surface area (TPSA) is 55.3 Å². The first-order valence-electron chi connectivity index (χ1n) is 7.08. The number of aryl methyl sites for hydroxylation is 2. The van der Waals surface area contributed by atoms with Crippen LogP contribution in [0, 0.1) is 13.8 Å². The second kappa shape index (κ2) is 6.39. The maximum atomic E-state index is 11.9. The van der Waals surface area contributed by atoms with Gasteiger partial charge in [0.1, 0.15) is 23.5 Å². The molecule has 0 aliphatic heterocycles. The fourth-order valence-electron chi connectivity index (χ4n) is 2.23. The maximum absolute atomic E-state index is 11.9. The second-order valence-electron chi connectivity index (χ2n) is 5.19. The van der Waals surface area contributed by atoms with E-state index in [1.54, 1.807) is 17.7 Å². The SMILES string of the molecule is CCOC(=O)CN(c1ncnc2sc(C)c(C)c12)C(C)C. The van der Waals surface area contributed by atoms with Gasteiger partial charge in [0.25, 0.3) is 0 Å². The van der Waals surface area contributed by atoms with Crippen LogP contribution in [0.4, 0.5) is 5.82 Å². The molecule has 0 saturated carbocycles. The lowest BCUT2D eigenvalue weighted by atomic mass is 10.2. The lowest BCUT2D eigenvalue weighted by molar-refractivity contribution is -0.141. The van der Waals surface area contributed by atoms with E-state index in [1.165, 1.54) is 10.4 Å². The quantitative estimate of drug-likeness (QED) is 0.795. The number of hydrogen-bond donors (Lipinski definition) is 0. The summed E-state index contributed by atoms with van der Waals surface area (Å²) in [5.41, 5.74) is 1.18. The van der Waals surface area contributed by atoms with Crippen molar-refractivity contribution in [1.29, 1.82) is 0 Å². The van der Waals surface area contributed by atoms with Crippen molar-refractivity contribution in [3.63, 3.8) is 0 Å². The highest BCUT2D eigenvalue weighted by atomic mass is 32.1. The predicted molar refractivity (Wildman–Crippen MR) is 86.0 cm³/mol. The first kappa shape index (κ1) is 15.7. The number of esters is 1. The van der Waals surface area contributed by atoms with E-state index in [1.807, 2.05) is 25.7 Å². The van der Waals surface area contributed by atoms with Crippen LogP contribution in [0.2, 0.25) is 0 Å². The molecule has 0 aromatic carbocycles. The molecule has 0 N–H and O–H groups in total. The molecular formula is C15H21N3O2S. The van der Waals surface area contributed by atoms with Gasteiger partial charge in [0.2, 0.25) is 0 Å². The molecule has 2 rings (SSSR count). The highest BCUT2D eigenvalue weighted by Crippen LogP contribution is 2.34. The molecule has 0 amide bonds. The average Bonchev–Trinajstić information content (AvgIpc) is 2.72. The van der Waals surface area contributed by atoms with Gasteiger partial charge in [-0.15, -0.1) is 11.3 Å². The largest absolute Gasteiger partial charge is 0.465 e. The number of fused-ring (bicyclic) bond motifs is 1. The van der Waals surface area contributed by atoms with Crippen molar-refractivity contribution in [2.24, 2.45) is 0 Å².